The van der Waals surface area contributed by atoms with E-state index in [-0.39, 0.29) is 6.61 Å². The zero-order valence-corrected chi connectivity index (χ0v) is 11.5. The Morgan fingerprint density at radius 2 is 2.18 bits per heavy atom. The van der Waals surface area contributed by atoms with Crippen molar-refractivity contribution < 1.29 is 23.4 Å². The number of carbonyl (C=O) groups is 1. The van der Waals surface area contributed by atoms with E-state index in [2.05, 4.69) is 10.0 Å². The largest absolute Gasteiger partial charge is 0.465 e. The number of rotatable bonds is 5. The molecule has 7 nitrogen and oxygen atoms in total. The molecule has 118 valence electrons. The predicted molar refractivity (Wildman–Crippen MR) is 72.5 cm³/mol. The van der Waals surface area contributed by atoms with E-state index in [9.17, 15) is 13.6 Å². The summed E-state index contributed by atoms with van der Waals surface area (Å²) in [6, 6.07) is 5.51. The summed E-state index contributed by atoms with van der Waals surface area (Å²) in [5, 5.41) is 12.0. The topological polar surface area (TPSA) is 98.5 Å². The zero-order chi connectivity index (χ0) is 16.2. The fourth-order valence-corrected chi connectivity index (χ4v) is 2.32. The third-order valence-electron chi connectivity index (χ3n) is 3.46. The second-order valence-electron chi connectivity index (χ2n) is 4.85. The summed E-state index contributed by atoms with van der Waals surface area (Å²) in [5.74, 6) is -3.47. The molecular weight excluding hydrogens is 298 g/mol. The van der Waals surface area contributed by atoms with Crippen LogP contribution in [0.1, 0.15) is 5.56 Å². The highest BCUT2D eigenvalue weighted by Gasteiger charge is 2.57. The zero-order valence-electron chi connectivity index (χ0n) is 11.5. The summed E-state index contributed by atoms with van der Waals surface area (Å²) >= 11 is 0. The molecule has 1 heterocycles. The van der Waals surface area contributed by atoms with Crippen molar-refractivity contribution in [2.24, 2.45) is 5.11 Å². The van der Waals surface area contributed by atoms with Crippen LogP contribution in [0.3, 0.4) is 0 Å². The number of hydrogen-bond donors (Lipinski definition) is 1. The van der Waals surface area contributed by atoms with Crippen molar-refractivity contribution in [3.05, 3.63) is 46.3 Å². The number of benzene rings is 1. The first-order valence-corrected chi connectivity index (χ1v) is 6.50. The van der Waals surface area contributed by atoms with Crippen LogP contribution in [-0.4, -0.2) is 47.3 Å². The molecule has 1 aliphatic heterocycles. The van der Waals surface area contributed by atoms with Gasteiger partial charge in [0.05, 0.1) is 13.2 Å². The Morgan fingerprint density at radius 1 is 1.50 bits per heavy atom. The van der Waals surface area contributed by atoms with Gasteiger partial charge in [-0.15, -0.1) is 0 Å². The van der Waals surface area contributed by atoms with Crippen molar-refractivity contribution in [1.29, 1.82) is 0 Å². The molecule has 0 unspecified atom stereocenters. The van der Waals surface area contributed by atoms with Gasteiger partial charge in [-0.3, -0.25) is 4.90 Å². The fraction of sp³-hybridized carbons (Fsp3) is 0.462. The highest BCUT2D eigenvalue weighted by molar-refractivity contribution is 5.66. The molecule has 2 atom stereocenters. The Morgan fingerprint density at radius 3 is 2.77 bits per heavy atom. The molecule has 0 saturated carbocycles. The molecular formula is C13H14F2N4O3. The maximum absolute atomic E-state index is 14.1. The van der Waals surface area contributed by atoms with Gasteiger partial charge in [-0.2, -0.15) is 0 Å². The van der Waals surface area contributed by atoms with Gasteiger partial charge in [0.15, 0.2) is 0 Å². The van der Waals surface area contributed by atoms with Crippen molar-refractivity contribution in [3.8, 4) is 0 Å². The van der Waals surface area contributed by atoms with Gasteiger partial charge in [0.1, 0.15) is 12.1 Å². The summed E-state index contributed by atoms with van der Waals surface area (Å²) in [7, 11) is 0. The molecule has 0 spiro atoms. The normalized spacial score (nSPS) is 23.1. The van der Waals surface area contributed by atoms with Gasteiger partial charge in [0, 0.05) is 11.5 Å². The highest BCUT2D eigenvalue weighted by Crippen LogP contribution is 2.36. The Labute approximate surface area is 124 Å². The smallest absolute Gasteiger partial charge is 0.407 e. The molecule has 0 bridgehead atoms. The number of ether oxygens (including phenoxy) is 1. The molecule has 1 aromatic rings. The van der Waals surface area contributed by atoms with Crippen molar-refractivity contribution in [1.82, 2.24) is 4.90 Å². The van der Waals surface area contributed by atoms with Gasteiger partial charge >= 0.3 is 6.09 Å². The van der Waals surface area contributed by atoms with Crippen molar-refractivity contribution in [2.75, 3.05) is 13.2 Å². The molecule has 22 heavy (non-hydrogen) atoms. The quantitative estimate of drug-likeness (QED) is 0.514. The van der Waals surface area contributed by atoms with Crippen LogP contribution < -0.4 is 0 Å². The minimum atomic E-state index is -3.47. The Balaban J connectivity index is 2.05. The standard InChI is InChI=1S/C13H14F2N4O3/c14-13(15)10(17-18-16)6-19(12(20)21)11(13)8-22-7-9-4-2-1-3-5-9/h1-5,10-11H,6-8H2,(H,20,21)/t10-,11-/m1/s1. The number of likely N-dealkylation sites (tertiary alicyclic amines) is 1. The summed E-state index contributed by atoms with van der Waals surface area (Å²) in [6.07, 6.45) is -1.50. The maximum Gasteiger partial charge on any atom is 0.407 e. The summed E-state index contributed by atoms with van der Waals surface area (Å²) < 4.78 is 33.5. The lowest BCUT2D eigenvalue weighted by Gasteiger charge is -2.25. The SMILES string of the molecule is [N-]=[N+]=N[C@@H]1CN(C(=O)O)[C@H](COCc2ccccc2)C1(F)F. The first-order valence-electron chi connectivity index (χ1n) is 6.50. The lowest BCUT2D eigenvalue weighted by molar-refractivity contribution is -0.0704. The maximum atomic E-state index is 14.1. The molecule has 1 aliphatic rings. The van der Waals surface area contributed by atoms with Gasteiger partial charge in [-0.05, 0) is 11.1 Å². The molecule has 1 aromatic carbocycles. The number of alkyl halides is 2. The molecule has 0 radical (unpaired) electrons. The van der Waals surface area contributed by atoms with E-state index >= 15 is 0 Å². The average Bonchev–Trinajstić information content (AvgIpc) is 2.73. The van der Waals surface area contributed by atoms with Gasteiger partial charge in [0.2, 0.25) is 0 Å². The second kappa shape index (κ2) is 6.59. The number of nitrogens with zero attached hydrogens (tertiary/aromatic N) is 4. The molecule has 1 fully saturated rings. The predicted octanol–water partition coefficient (Wildman–Crippen LogP) is 2.88. The lowest BCUT2D eigenvalue weighted by atomic mass is 10.1. The Hall–Kier alpha value is -2.38. The molecule has 0 aliphatic carbocycles. The first kappa shape index (κ1) is 16.0. The van der Waals surface area contributed by atoms with Crippen LogP contribution in [0.4, 0.5) is 13.6 Å². The Kier molecular flexibility index (Phi) is 4.79. The number of amides is 1. The number of carboxylic acid groups (broad SMARTS) is 1. The molecule has 1 saturated heterocycles. The molecule has 1 amide bonds. The van der Waals surface area contributed by atoms with Crippen molar-refractivity contribution in [3.63, 3.8) is 0 Å². The number of azide groups is 1. The minimum Gasteiger partial charge on any atom is -0.465 e. The van der Waals surface area contributed by atoms with Gasteiger partial charge in [-0.1, -0.05) is 35.4 Å². The van der Waals surface area contributed by atoms with Gasteiger partial charge < -0.3 is 9.84 Å². The van der Waals surface area contributed by atoms with Gasteiger partial charge in [-0.25, -0.2) is 13.6 Å². The lowest BCUT2D eigenvalue weighted by Crippen LogP contribution is -2.46. The van der Waals surface area contributed by atoms with E-state index in [1.165, 1.54) is 0 Å². The molecule has 2 rings (SSSR count). The summed E-state index contributed by atoms with van der Waals surface area (Å²) in [5.41, 5.74) is 9.11. The highest BCUT2D eigenvalue weighted by atomic mass is 19.3. The van der Waals surface area contributed by atoms with Crippen LogP contribution in [0, 0.1) is 0 Å². The van der Waals surface area contributed by atoms with Crippen LogP contribution in [0.15, 0.2) is 35.4 Å². The van der Waals surface area contributed by atoms with Crippen LogP contribution in [-0.2, 0) is 11.3 Å². The minimum absolute atomic E-state index is 0.0903. The van der Waals surface area contributed by atoms with E-state index in [0.717, 1.165) is 5.56 Å². The molecule has 1 N–H and O–H groups in total. The molecule has 9 heteroatoms. The Bertz CT molecular complexity index is 578. The average molecular weight is 312 g/mol. The summed E-state index contributed by atoms with van der Waals surface area (Å²) in [6.45, 7) is -0.940. The van der Waals surface area contributed by atoms with E-state index in [1.54, 1.807) is 24.3 Å². The van der Waals surface area contributed by atoms with Crippen molar-refractivity contribution >= 4 is 6.09 Å². The fourth-order valence-electron chi connectivity index (χ4n) is 2.32. The second-order valence-corrected chi connectivity index (χ2v) is 4.85. The number of halogens is 2. The van der Waals surface area contributed by atoms with Gasteiger partial charge in [0.25, 0.3) is 5.92 Å². The first-order chi connectivity index (χ1) is 10.5. The van der Waals surface area contributed by atoms with E-state index in [4.69, 9.17) is 15.4 Å². The van der Waals surface area contributed by atoms with Crippen molar-refractivity contribution in [2.45, 2.75) is 24.6 Å². The number of hydrogen-bond acceptors (Lipinski definition) is 3. The van der Waals surface area contributed by atoms with E-state index < -0.39 is 37.3 Å². The van der Waals surface area contributed by atoms with E-state index in [0.29, 0.717) is 4.90 Å². The monoisotopic (exact) mass is 312 g/mol. The van der Waals surface area contributed by atoms with Crippen LogP contribution in [0.2, 0.25) is 0 Å². The third-order valence-corrected chi connectivity index (χ3v) is 3.46. The van der Waals surface area contributed by atoms with E-state index in [1.807, 2.05) is 6.07 Å². The third kappa shape index (κ3) is 3.26. The van der Waals surface area contributed by atoms with Crippen LogP contribution >= 0.6 is 0 Å². The van der Waals surface area contributed by atoms with Crippen LogP contribution in [0.25, 0.3) is 10.4 Å². The molecule has 0 aromatic heterocycles. The summed E-state index contributed by atoms with van der Waals surface area (Å²) in [4.78, 5) is 14.0. The van der Waals surface area contributed by atoms with Crippen LogP contribution in [0.5, 0.6) is 0 Å².